The van der Waals surface area contributed by atoms with Gasteiger partial charge in [0.15, 0.2) is 0 Å². The number of hydrogen-bond donors (Lipinski definition) is 1. The van der Waals surface area contributed by atoms with E-state index in [-0.39, 0.29) is 11.9 Å². The fourth-order valence-corrected chi connectivity index (χ4v) is 1.97. The van der Waals surface area contributed by atoms with Crippen LogP contribution in [-0.4, -0.2) is 15.9 Å². The van der Waals surface area contributed by atoms with Gasteiger partial charge in [-0.1, -0.05) is 36.8 Å². The van der Waals surface area contributed by atoms with Gasteiger partial charge in [-0.3, -0.25) is 4.79 Å². The van der Waals surface area contributed by atoms with E-state index in [1.807, 2.05) is 6.92 Å². The summed E-state index contributed by atoms with van der Waals surface area (Å²) in [6.45, 7) is 5.90. The van der Waals surface area contributed by atoms with Crippen molar-refractivity contribution >= 4 is 5.91 Å². The predicted molar refractivity (Wildman–Crippen MR) is 78.4 cm³/mol. The molecule has 4 heteroatoms. The number of amides is 1. The van der Waals surface area contributed by atoms with Gasteiger partial charge in [0.05, 0.1) is 11.6 Å². The number of carbonyl (C=O) groups is 1. The zero-order chi connectivity index (χ0) is 14.5. The Morgan fingerprint density at radius 1 is 1.15 bits per heavy atom. The van der Waals surface area contributed by atoms with Crippen LogP contribution in [0, 0.1) is 13.8 Å². The molecule has 0 aliphatic rings. The van der Waals surface area contributed by atoms with Crippen LogP contribution in [-0.2, 0) is 0 Å². The summed E-state index contributed by atoms with van der Waals surface area (Å²) >= 11 is 0. The average Bonchev–Trinajstić information content (AvgIpc) is 2.46. The summed E-state index contributed by atoms with van der Waals surface area (Å²) in [5.41, 5.74) is 2.81. The summed E-state index contributed by atoms with van der Waals surface area (Å²) in [5.74, 6) is 0.518. The smallest absolute Gasteiger partial charge is 0.254 e. The second kappa shape index (κ2) is 6.28. The van der Waals surface area contributed by atoms with E-state index in [1.165, 1.54) is 5.56 Å². The summed E-state index contributed by atoms with van der Waals surface area (Å²) in [7, 11) is 0. The molecule has 0 bridgehead atoms. The van der Waals surface area contributed by atoms with Gasteiger partial charge in [0.1, 0.15) is 5.82 Å². The summed E-state index contributed by atoms with van der Waals surface area (Å²) in [6.07, 6.45) is 3.95. The number of carbonyl (C=O) groups excluding carboxylic acids is 1. The number of benzene rings is 1. The molecule has 1 amide bonds. The lowest BCUT2D eigenvalue weighted by Gasteiger charge is -2.17. The zero-order valence-corrected chi connectivity index (χ0v) is 12.1. The maximum atomic E-state index is 12.2. The minimum Gasteiger partial charge on any atom is -0.345 e. The Morgan fingerprint density at radius 2 is 1.75 bits per heavy atom. The molecule has 2 aromatic rings. The van der Waals surface area contributed by atoms with Crippen molar-refractivity contribution in [1.29, 1.82) is 0 Å². The van der Waals surface area contributed by atoms with Gasteiger partial charge in [-0.25, -0.2) is 9.97 Å². The third kappa shape index (κ3) is 3.41. The monoisotopic (exact) mass is 269 g/mol. The third-order valence-corrected chi connectivity index (χ3v) is 3.24. The Hall–Kier alpha value is -2.23. The minimum absolute atomic E-state index is 0.00408. The van der Waals surface area contributed by atoms with Crippen molar-refractivity contribution in [3.63, 3.8) is 0 Å². The number of aromatic nitrogens is 2. The maximum absolute atomic E-state index is 12.2. The molecule has 1 aromatic carbocycles. The lowest BCUT2D eigenvalue weighted by atomic mass is 10.0. The number of nitrogens with one attached hydrogen (secondary N) is 1. The Balaban J connectivity index is 2.11. The second-order valence-electron chi connectivity index (χ2n) is 4.86. The van der Waals surface area contributed by atoms with Gasteiger partial charge in [-0.2, -0.15) is 0 Å². The van der Waals surface area contributed by atoms with Gasteiger partial charge in [-0.15, -0.1) is 0 Å². The van der Waals surface area contributed by atoms with Crippen LogP contribution < -0.4 is 5.32 Å². The molecule has 4 nitrogen and oxygen atoms in total. The maximum Gasteiger partial charge on any atom is 0.254 e. The molecule has 20 heavy (non-hydrogen) atoms. The van der Waals surface area contributed by atoms with E-state index in [4.69, 9.17) is 0 Å². The fourth-order valence-electron chi connectivity index (χ4n) is 1.97. The van der Waals surface area contributed by atoms with Gasteiger partial charge in [0.25, 0.3) is 5.91 Å². The Labute approximate surface area is 119 Å². The molecule has 0 saturated carbocycles. The highest BCUT2D eigenvalue weighted by Gasteiger charge is 2.14. The van der Waals surface area contributed by atoms with Crippen LogP contribution in [0.5, 0.6) is 0 Å². The molecule has 0 fully saturated rings. The van der Waals surface area contributed by atoms with Crippen molar-refractivity contribution in [2.45, 2.75) is 33.2 Å². The number of aryl methyl sites for hydroxylation is 2. The number of hydrogen-bond acceptors (Lipinski definition) is 3. The zero-order valence-electron chi connectivity index (χ0n) is 12.1. The van der Waals surface area contributed by atoms with Crippen molar-refractivity contribution in [1.82, 2.24) is 15.3 Å². The third-order valence-electron chi connectivity index (χ3n) is 3.24. The molecule has 1 N–H and O–H groups in total. The number of rotatable bonds is 4. The normalized spacial score (nSPS) is 11.9. The van der Waals surface area contributed by atoms with Crippen LogP contribution in [0.3, 0.4) is 0 Å². The van der Waals surface area contributed by atoms with E-state index in [0.717, 1.165) is 12.0 Å². The Kier molecular flexibility index (Phi) is 4.45. The highest BCUT2D eigenvalue weighted by Crippen LogP contribution is 2.17. The van der Waals surface area contributed by atoms with E-state index in [2.05, 4.69) is 46.5 Å². The van der Waals surface area contributed by atoms with E-state index in [1.54, 1.807) is 19.3 Å². The minimum atomic E-state index is -0.141. The van der Waals surface area contributed by atoms with E-state index < -0.39 is 0 Å². The first-order valence-corrected chi connectivity index (χ1v) is 6.76. The van der Waals surface area contributed by atoms with Gasteiger partial charge >= 0.3 is 0 Å². The van der Waals surface area contributed by atoms with Crippen molar-refractivity contribution in [3.05, 3.63) is 59.2 Å². The van der Waals surface area contributed by atoms with Crippen LogP contribution >= 0.6 is 0 Å². The molecule has 0 spiro atoms. The van der Waals surface area contributed by atoms with Crippen molar-refractivity contribution < 1.29 is 4.79 Å². The van der Waals surface area contributed by atoms with E-state index >= 15 is 0 Å². The van der Waals surface area contributed by atoms with Gasteiger partial charge in [-0.05, 0) is 25.8 Å². The Morgan fingerprint density at radius 3 is 2.30 bits per heavy atom. The molecule has 0 aliphatic carbocycles. The van der Waals surface area contributed by atoms with Crippen LogP contribution in [0.4, 0.5) is 0 Å². The van der Waals surface area contributed by atoms with Crippen LogP contribution in [0.25, 0.3) is 0 Å². The molecule has 0 saturated heterocycles. The average molecular weight is 269 g/mol. The number of nitrogens with zero attached hydrogens (tertiary/aromatic N) is 2. The molecular weight excluding hydrogens is 250 g/mol. The van der Waals surface area contributed by atoms with Crippen molar-refractivity contribution in [2.75, 3.05) is 0 Å². The summed E-state index contributed by atoms with van der Waals surface area (Å²) in [5, 5.41) is 3.02. The molecule has 0 unspecified atom stereocenters. The molecule has 0 aliphatic heterocycles. The van der Waals surface area contributed by atoms with Gasteiger partial charge in [0, 0.05) is 12.4 Å². The first kappa shape index (κ1) is 14.2. The highest BCUT2D eigenvalue weighted by molar-refractivity contribution is 5.93. The molecule has 1 atom stereocenters. The molecule has 0 radical (unpaired) electrons. The van der Waals surface area contributed by atoms with Crippen molar-refractivity contribution in [2.24, 2.45) is 0 Å². The SMILES string of the molecule is CC[C@@H](NC(=O)c1cnc(C)nc1)c1ccc(C)cc1. The topological polar surface area (TPSA) is 54.9 Å². The fraction of sp³-hybridized carbons (Fsp3) is 0.312. The van der Waals surface area contributed by atoms with E-state index in [0.29, 0.717) is 11.4 Å². The first-order valence-electron chi connectivity index (χ1n) is 6.76. The molecule has 2 rings (SSSR count). The predicted octanol–water partition coefficient (Wildman–Crippen LogP) is 2.97. The van der Waals surface area contributed by atoms with Crippen molar-refractivity contribution in [3.8, 4) is 0 Å². The molecule has 1 heterocycles. The van der Waals surface area contributed by atoms with E-state index in [9.17, 15) is 4.79 Å². The summed E-state index contributed by atoms with van der Waals surface area (Å²) in [6, 6.07) is 8.22. The summed E-state index contributed by atoms with van der Waals surface area (Å²) < 4.78 is 0. The lowest BCUT2D eigenvalue weighted by molar-refractivity contribution is 0.0935. The van der Waals surface area contributed by atoms with Crippen LogP contribution in [0.15, 0.2) is 36.7 Å². The van der Waals surface area contributed by atoms with Crippen LogP contribution in [0.2, 0.25) is 0 Å². The quantitative estimate of drug-likeness (QED) is 0.928. The standard InChI is InChI=1S/C16H19N3O/c1-4-15(13-7-5-11(2)6-8-13)19-16(20)14-9-17-12(3)18-10-14/h5-10,15H,4H2,1-3H3,(H,19,20)/t15-/m1/s1. The highest BCUT2D eigenvalue weighted by atomic mass is 16.1. The lowest BCUT2D eigenvalue weighted by Crippen LogP contribution is -2.28. The molecular formula is C16H19N3O. The molecule has 104 valence electrons. The molecule has 1 aromatic heterocycles. The Bertz CT molecular complexity index is 576. The first-order chi connectivity index (χ1) is 9.60. The second-order valence-corrected chi connectivity index (χ2v) is 4.86. The van der Waals surface area contributed by atoms with Crippen LogP contribution in [0.1, 0.15) is 46.7 Å². The van der Waals surface area contributed by atoms with Gasteiger partial charge < -0.3 is 5.32 Å². The van der Waals surface area contributed by atoms with Gasteiger partial charge in [0.2, 0.25) is 0 Å². The summed E-state index contributed by atoms with van der Waals surface area (Å²) in [4.78, 5) is 20.3. The largest absolute Gasteiger partial charge is 0.345 e.